The third kappa shape index (κ3) is 3.30. The quantitative estimate of drug-likeness (QED) is 0.927. The van der Waals surface area contributed by atoms with Crippen LogP contribution in [0.25, 0.3) is 0 Å². The van der Waals surface area contributed by atoms with E-state index in [1.165, 1.54) is 18.2 Å². The molecule has 2 aromatic carbocycles. The van der Waals surface area contributed by atoms with Gasteiger partial charge in [0, 0.05) is 23.2 Å². The first-order chi connectivity index (χ1) is 9.47. The van der Waals surface area contributed by atoms with Gasteiger partial charge < -0.3 is 10.5 Å². The zero-order chi connectivity index (χ0) is 14.7. The van der Waals surface area contributed by atoms with Crippen LogP contribution in [0.3, 0.4) is 0 Å². The van der Waals surface area contributed by atoms with Crippen molar-refractivity contribution in [2.45, 2.75) is 19.6 Å². The molecule has 106 valence electrons. The van der Waals surface area contributed by atoms with Gasteiger partial charge >= 0.3 is 0 Å². The van der Waals surface area contributed by atoms with Crippen LogP contribution in [0.2, 0.25) is 0 Å². The Kier molecular flexibility index (Phi) is 4.29. The summed E-state index contributed by atoms with van der Waals surface area (Å²) in [6.07, 6.45) is 0. The lowest BCUT2D eigenvalue weighted by atomic mass is 10.1. The highest BCUT2D eigenvalue weighted by atomic mass is 19.1. The first-order valence-corrected chi connectivity index (χ1v) is 6.09. The molecular weight excluding hydrogens is 267 g/mol. The van der Waals surface area contributed by atoms with Gasteiger partial charge in [-0.05, 0) is 31.2 Å². The Morgan fingerprint density at radius 3 is 2.40 bits per heavy atom. The van der Waals surface area contributed by atoms with Crippen LogP contribution in [0.4, 0.5) is 13.2 Å². The van der Waals surface area contributed by atoms with Crippen molar-refractivity contribution in [1.82, 2.24) is 0 Å². The van der Waals surface area contributed by atoms with E-state index in [1.807, 2.05) is 0 Å². The van der Waals surface area contributed by atoms with Crippen LogP contribution >= 0.6 is 0 Å². The van der Waals surface area contributed by atoms with Gasteiger partial charge in [0.05, 0.1) is 0 Å². The third-order valence-electron chi connectivity index (χ3n) is 2.86. The first-order valence-electron chi connectivity index (χ1n) is 6.09. The van der Waals surface area contributed by atoms with Gasteiger partial charge in [-0.1, -0.05) is 6.07 Å². The Morgan fingerprint density at radius 2 is 1.70 bits per heavy atom. The topological polar surface area (TPSA) is 35.2 Å². The van der Waals surface area contributed by atoms with Gasteiger partial charge in [-0.15, -0.1) is 0 Å². The first kappa shape index (κ1) is 14.4. The number of hydrogen-bond donors (Lipinski definition) is 1. The molecule has 2 nitrogen and oxygen atoms in total. The van der Waals surface area contributed by atoms with Crippen LogP contribution in [0.15, 0.2) is 36.4 Å². The van der Waals surface area contributed by atoms with E-state index in [-0.39, 0.29) is 24.0 Å². The molecule has 0 amide bonds. The Morgan fingerprint density at radius 1 is 1.05 bits per heavy atom. The molecule has 0 aliphatic rings. The molecule has 0 fully saturated rings. The zero-order valence-corrected chi connectivity index (χ0v) is 10.9. The van der Waals surface area contributed by atoms with Crippen LogP contribution in [-0.4, -0.2) is 0 Å². The van der Waals surface area contributed by atoms with E-state index in [2.05, 4.69) is 0 Å². The molecule has 1 unspecified atom stereocenters. The molecule has 0 aliphatic heterocycles. The van der Waals surface area contributed by atoms with Crippen molar-refractivity contribution in [2.24, 2.45) is 5.73 Å². The van der Waals surface area contributed by atoms with E-state index in [9.17, 15) is 13.2 Å². The smallest absolute Gasteiger partial charge is 0.130 e. The molecule has 2 N–H and O–H groups in total. The van der Waals surface area contributed by atoms with Crippen LogP contribution in [0.1, 0.15) is 24.1 Å². The lowest BCUT2D eigenvalue weighted by molar-refractivity contribution is 0.293. The summed E-state index contributed by atoms with van der Waals surface area (Å²) < 4.78 is 45.1. The van der Waals surface area contributed by atoms with Crippen LogP contribution in [0.5, 0.6) is 5.75 Å². The predicted octanol–water partition coefficient (Wildman–Crippen LogP) is 3.70. The van der Waals surface area contributed by atoms with Gasteiger partial charge in [-0.3, -0.25) is 0 Å². The lowest BCUT2D eigenvalue weighted by Crippen LogP contribution is -2.09. The Bertz CT molecular complexity index is 614. The molecule has 0 aromatic heterocycles. The fourth-order valence-corrected chi connectivity index (χ4v) is 1.82. The third-order valence-corrected chi connectivity index (χ3v) is 2.86. The summed E-state index contributed by atoms with van der Waals surface area (Å²) in [5, 5.41) is 0. The Labute approximate surface area is 115 Å². The number of nitrogens with two attached hydrogens (primary N) is 1. The van der Waals surface area contributed by atoms with E-state index in [1.54, 1.807) is 6.92 Å². The number of benzene rings is 2. The summed E-state index contributed by atoms with van der Waals surface area (Å²) in [5.41, 5.74) is 6.41. The van der Waals surface area contributed by atoms with Crippen molar-refractivity contribution in [3.05, 3.63) is 65.0 Å². The van der Waals surface area contributed by atoms with E-state index in [0.717, 1.165) is 18.2 Å². The molecule has 0 spiro atoms. The minimum atomic E-state index is -0.579. The van der Waals surface area contributed by atoms with Gasteiger partial charge in [0.25, 0.3) is 0 Å². The second kappa shape index (κ2) is 5.96. The van der Waals surface area contributed by atoms with Crippen molar-refractivity contribution in [3.63, 3.8) is 0 Å². The fourth-order valence-electron chi connectivity index (χ4n) is 1.82. The van der Waals surface area contributed by atoms with Gasteiger partial charge in [0.15, 0.2) is 0 Å². The minimum absolute atomic E-state index is 0.0601. The molecule has 0 aliphatic carbocycles. The number of hydrogen-bond acceptors (Lipinski definition) is 2. The summed E-state index contributed by atoms with van der Waals surface area (Å²) in [5.74, 6) is -1.39. The second-order valence-electron chi connectivity index (χ2n) is 4.50. The van der Waals surface area contributed by atoms with Crippen molar-refractivity contribution in [2.75, 3.05) is 0 Å². The highest BCUT2D eigenvalue weighted by Gasteiger charge is 2.11. The highest BCUT2D eigenvalue weighted by Crippen LogP contribution is 2.26. The van der Waals surface area contributed by atoms with E-state index >= 15 is 0 Å². The molecule has 0 saturated heterocycles. The molecule has 0 saturated carbocycles. The van der Waals surface area contributed by atoms with Gasteiger partial charge in [-0.25, -0.2) is 13.2 Å². The highest BCUT2D eigenvalue weighted by molar-refractivity contribution is 5.36. The van der Waals surface area contributed by atoms with Crippen molar-refractivity contribution < 1.29 is 17.9 Å². The van der Waals surface area contributed by atoms with Crippen molar-refractivity contribution in [3.8, 4) is 5.75 Å². The van der Waals surface area contributed by atoms with Gasteiger partial charge in [0.2, 0.25) is 0 Å². The maximum absolute atomic E-state index is 13.5. The lowest BCUT2D eigenvalue weighted by Gasteiger charge is -2.14. The predicted molar refractivity (Wildman–Crippen MR) is 69.7 cm³/mol. The Hall–Kier alpha value is -2.01. The molecule has 2 aromatic rings. The number of halogens is 3. The molecule has 0 radical (unpaired) electrons. The van der Waals surface area contributed by atoms with Gasteiger partial charge in [0.1, 0.15) is 29.8 Å². The maximum Gasteiger partial charge on any atom is 0.130 e. The average molecular weight is 281 g/mol. The Balaban J connectivity index is 2.22. The summed E-state index contributed by atoms with van der Waals surface area (Å²) in [6, 6.07) is 6.69. The van der Waals surface area contributed by atoms with E-state index in [4.69, 9.17) is 10.5 Å². The standard InChI is InChI=1S/C15H14F3NO/c1-9(19)13-4-2-12(17)7-15(13)20-8-10-6-11(16)3-5-14(10)18/h2-7,9H,8,19H2,1H3. The van der Waals surface area contributed by atoms with Crippen molar-refractivity contribution in [1.29, 1.82) is 0 Å². The second-order valence-corrected chi connectivity index (χ2v) is 4.50. The normalized spacial score (nSPS) is 12.2. The average Bonchev–Trinajstić information content (AvgIpc) is 2.39. The largest absolute Gasteiger partial charge is 0.488 e. The molecule has 2 rings (SSSR count). The van der Waals surface area contributed by atoms with Crippen LogP contribution in [-0.2, 0) is 6.61 Å². The van der Waals surface area contributed by atoms with Crippen LogP contribution in [0, 0.1) is 17.5 Å². The maximum atomic E-state index is 13.5. The zero-order valence-electron chi connectivity index (χ0n) is 10.9. The van der Waals surface area contributed by atoms with Crippen molar-refractivity contribution >= 4 is 0 Å². The van der Waals surface area contributed by atoms with E-state index in [0.29, 0.717) is 5.56 Å². The van der Waals surface area contributed by atoms with Crippen LogP contribution < -0.4 is 10.5 Å². The SMILES string of the molecule is CC(N)c1ccc(F)cc1OCc1cc(F)ccc1F. The number of rotatable bonds is 4. The monoisotopic (exact) mass is 281 g/mol. The summed E-state index contributed by atoms with van der Waals surface area (Å²) in [4.78, 5) is 0. The molecule has 0 bridgehead atoms. The fraction of sp³-hybridized carbons (Fsp3) is 0.200. The number of ether oxygens (including phenoxy) is 1. The summed E-state index contributed by atoms with van der Waals surface area (Å²) in [7, 11) is 0. The summed E-state index contributed by atoms with van der Waals surface area (Å²) in [6.45, 7) is 1.52. The van der Waals surface area contributed by atoms with Gasteiger partial charge in [-0.2, -0.15) is 0 Å². The molecule has 20 heavy (non-hydrogen) atoms. The molecule has 1 atom stereocenters. The molecule has 0 heterocycles. The summed E-state index contributed by atoms with van der Waals surface area (Å²) >= 11 is 0. The minimum Gasteiger partial charge on any atom is -0.488 e. The molecular formula is C15H14F3NO. The van der Waals surface area contributed by atoms with E-state index < -0.39 is 17.5 Å². The molecule has 5 heteroatoms.